The predicted octanol–water partition coefficient (Wildman–Crippen LogP) is 1.24. The molecule has 0 saturated carbocycles. The van der Waals surface area contributed by atoms with Crippen molar-refractivity contribution in [2.45, 2.75) is 4.90 Å². The van der Waals surface area contributed by atoms with Gasteiger partial charge in [0.1, 0.15) is 0 Å². The van der Waals surface area contributed by atoms with Crippen molar-refractivity contribution < 1.29 is 18.0 Å². The first-order chi connectivity index (χ1) is 11.3. The minimum atomic E-state index is -3.35. The molecule has 2 rings (SSSR count). The maximum absolute atomic E-state index is 12.0. The molecule has 0 unspecified atom stereocenters. The molecule has 2 aromatic rings. The fourth-order valence-electron chi connectivity index (χ4n) is 2.04. The molecule has 0 aliphatic heterocycles. The second-order valence-electron chi connectivity index (χ2n) is 5.11. The van der Waals surface area contributed by atoms with Gasteiger partial charge in [0.25, 0.3) is 5.91 Å². The molecule has 0 heterocycles. The van der Waals surface area contributed by atoms with Crippen LogP contribution in [0.5, 0.6) is 0 Å². The van der Waals surface area contributed by atoms with Crippen LogP contribution in [0.25, 0.3) is 0 Å². The van der Waals surface area contributed by atoms with Crippen molar-refractivity contribution in [3.63, 3.8) is 0 Å². The minimum Gasteiger partial charge on any atom is -0.376 e. The van der Waals surface area contributed by atoms with Crippen molar-refractivity contribution in [3.8, 4) is 0 Å². The van der Waals surface area contributed by atoms with Crippen molar-refractivity contribution in [3.05, 3.63) is 54.1 Å². The van der Waals surface area contributed by atoms with Crippen LogP contribution in [0.1, 0.15) is 10.4 Å². The van der Waals surface area contributed by atoms with E-state index in [-0.39, 0.29) is 22.9 Å². The molecular formula is C16H17N3O4S. The Bertz CT molecular complexity index is 878. The molecule has 2 aromatic carbocycles. The standard InChI is InChI=1S/C16H17N3O4S/c1-24(22,23)12-6-4-5-11(9-12)19-15(20)10-18-14-8-3-2-7-13(14)16(17)21/h2-9,18H,10H2,1H3,(H2,17,21)(H,19,20). The molecule has 0 aliphatic carbocycles. The first-order valence-electron chi connectivity index (χ1n) is 7.00. The van der Waals surface area contributed by atoms with E-state index in [0.29, 0.717) is 11.4 Å². The van der Waals surface area contributed by atoms with Crippen molar-refractivity contribution >= 4 is 33.0 Å². The summed E-state index contributed by atoms with van der Waals surface area (Å²) in [5.74, 6) is -0.987. The molecule has 0 spiro atoms. The maximum atomic E-state index is 12.0. The Kier molecular flexibility index (Phi) is 5.20. The van der Waals surface area contributed by atoms with E-state index in [0.717, 1.165) is 6.26 Å². The van der Waals surface area contributed by atoms with Crippen LogP contribution in [-0.2, 0) is 14.6 Å². The molecule has 0 atom stereocenters. The van der Waals surface area contributed by atoms with Crippen molar-refractivity contribution in [1.29, 1.82) is 0 Å². The summed E-state index contributed by atoms with van der Waals surface area (Å²) < 4.78 is 23.0. The van der Waals surface area contributed by atoms with E-state index in [9.17, 15) is 18.0 Å². The number of nitrogens with one attached hydrogen (secondary N) is 2. The number of hydrogen-bond donors (Lipinski definition) is 3. The number of sulfone groups is 1. The van der Waals surface area contributed by atoms with E-state index in [2.05, 4.69) is 10.6 Å². The number of nitrogens with two attached hydrogens (primary N) is 1. The Morgan fingerprint density at radius 2 is 1.79 bits per heavy atom. The molecule has 0 bridgehead atoms. The third-order valence-corrected chi connectivity index (χ3v) is 4.29. The Morgan fingerprint density at radius 3 is 2.46 bits per heavy atom. The summed E-state index contributed by atoms with van der Waals surface area (Å²) in [4.78, 5) is 23.4. The average molecular weight is 347 g/mol. The van der Waals surface area contributed by atoms with Gasteiger partial charge in [-0.25, -0.2) is 8.42 Å². The fourth-order valence-corrected chi connectivity index (χ4v) is 2.70. The maximum Gasteiger partial charge on any atom is 0.250 e. The van der Waals surface area contributed by atoms with Crippen LogP contribution in [0.4, 0.5) is 11.4 Å². The van der Waals surface area contributed by atoms with Crippen molar-refractivity contribution in [2.24, 2.45) is 5.73 Å². The number of para-hydroxylation sites is 1. The largest absolute Gasteiger partial charge is 0.376 e. The topological polar surface area (TPSA) is 118 Å². The van der Waals surface area contributed by atoms with Crippen LogP contribution in [0.3, 0.4) is 0 Å². The molecule has 4 N–H and O–H groups in total. The molecule has 0 fully saturated rings. The molecule has 7 nitrogen and oxygen atoms in total. The number of carbonyl (C=O) groups excluding carboxylic acids is 2. The second kappa shape index (κ2) is 7.14. The van der Waals surface area contributed by atoms with Crippen LogP contribution in [0.15, 0.2) is 53.4 Å². The smallest absolute Gasteiger partial charge is 0.250 e. The van der Waals surface area contributed by atoms with Crippen LogP contribution < -0.4 is 16.4 Å². The Morgan fingerprint density at radius 1 is 1.08 bits per heavy atom. The SMILES string of the molecule is CS(=O)(=O)c1cccc(NC(=O)CNc2ccccc2C(N)=O)c1. The molecule has 126 valence electrons. The van der Waals surface area contributed by atoms with E-state index >= 15 is 0 Å². The van der Waals surface area contributed by atoms with Gasteiger partial charge in [0.2, 0.25) is 5.91 Å². The van der Waals surface area contributed by atoms with Gasteiger partial charge in [-0.2, -0.15) is 0 Å². The average Bonchev–Trinajstić information content (AvgIpc) is 2.52. The zero-order valence-electron chi connectivity index (χ0n) is 12.9. The van der Waals surface area contributed by atoms with E-state index < -0.39 is 15.7 Å². The summed E-state index contributed by atoms with van der Waals surface area (Å²) in [5.41, 5.74) is 6.36. The normalized spacial score (nSPS) is 10.9. The Labute approximate surface area is 139 Å². The number of hydrogen-bond acceptors (Lipinski definition) is 5. The van der Waals surface area contributed by atoms with Gasteiger partial charge in [0.05, 0.1) is 17.0 Å². The lowest BCUT2D eigenvalue weighted by molar-refractivity contribution is -0.114. The van der Waals surface area contributed by atoms with Crippen molar-refractivity contribution in [2.75, 3.05) is 23.4 Å². The van der Waals surface area contributed by atoms with Crippen LogP contribution in [0, 0.1) is 0 Å². The lowest BCUT2D eigenvalue weighted by Gasteiger charge is -2.10. The molecule has 0 saturated heterocycles. The monoisotopic (exact) mass is 347 g/mol. The third-order valence-electron chi connectivity index (χ3n) is 3.18. The first kappa shape index (κ1) is 17.5. The zero-order chi connectivity index (χ0) is 17.7. The highest BCUT2D eigenvalue weighted by atomic mass is 32.2. The summed E-state index contributed by atoms with van der Waals surface area (Å²) in [6, 6.07) is 12.5. The van der Waals surface area contributed by atoms with Crippen LogP contribution in [-0.4, -0.2) is 33.0 Å². The molecule has 24 heavy (non-hydrogen) atoms. The molecule has 2 amide bonds. The van der Waals surface area contributed by atoms with E-state index in [1.54, 1.807) is 36.4 Å². The lowest BCUT2D eigenvalue weighted by atomic mass is 10.1. The van der Waals surface area contributed by atoms with E-state index in [1.807, 2.05) is 0 Å². The summed E-state index contributed by atoms with van der Waals surface area (Å²) in [7, 11) is -3.35. The molecule has 0 aliphatic rings. The van der Waals surface area contributed by atoms with Gasteiger partial charge in [-0.1, -0.05) is 18.2 Å². The number of rotatable bonds is 6. The number of amides is 2. The van der Waals surface area contributed by atoms with E-state index in [1.165, 1.54) is 12.1 Å². The van der Waals surface area contributed by atoms with E-state index in [4.69, 9.17) is 5.73 Å². The number of anilines is 2. The Hall–Kier alpha value is -2.87. The zero-order valence-corrected chi connectivity index (χ0v) is 13.8. The quantitative estimate of drug-likeness (QED) is 0.726. The fraction of sp³-hybridized carbons (Fsp3) is 0.125. The molecular weight excluding hydrogens is 330 g/mol. The lowest BCUT2D eigenvalue weighted by Crippen LogP contribution is -2.23. The molecule has 0 aromatic heterocycles. The van der Waals surface area contributed by atoms with Crippen LogP contribution >= 0.6 is 0 Å². The summed E-state index contributed by atoms with van der Waals surface area (Å²) in [6.07, 6.45) is 1.09. The minimum absolute atomic E-state index is 0.104. The third kappa shape index (κ3) is 4.56. The van der Waals surface area contributed by atoms with Gasteiger partial charge in [0.15, 0.2) is 9.84 Å². The van der Waals surface area contributed by atoms with Gasteiger partial charge in [-0.15, -0.1) is 0 Å². The van der Waals surface area contributed by atoms with Gasteiger partial charge >= 0.3 is 0 Å². The van der Waals surface area contributed by atoms with Crippen molar-refractivity contribution in [1.82, 2.24) is 0 Å². The summed E-state index contributed by atoms with van der Waals surface area (Å²) in [6.45, 7) is -0.104. The van der Waals surface area contributed by atoms with Gasteiger partial charge in [-0.05, 0) is 30.3 Å². The number of benzene rings is 2. The Balaban J connectivity index is 2.04. The predicted molar refractivity (Wildman–Crippen MR) is 91.6 cm³/mol. The number of carbonyl (C=O) groups is 2. The highest BCUT2D eigenvalue weighted by molar-refractivity contribution is 7.90. The highest BCUT2D eigenvalue weighted by Crippen LogP contribution is 2.16. The molecule has 0 radical (unpaired) electrons. The van der Waals surface area contributed by atoms with Gasteiger partial charge in [-0.3, -0.25) is 9.59 Å². The summed E-state index contributed by atoms with van der Waals surface area (Å²) >= 11 is 0. The highest BCUT2D eigenvalue weighted by Gasteiger charge is 2.10. The van der Waals surface area contributed by atoms with Gasteiger partial charge in [0, 0.05) is 17.6 Å². The molecule has 8 heteroatoms. The van der Waals surface area contributed by atoms with Crippen LogP contribution in [0.2, 0.25) is 0 Å². The van der Waals surface area contributed by atoms with Gasteiger partial charge < -0.3 is 16.4 Å². The second-order valence-corrected chi connectivity index (χ2v) is 7.13. The number of primary amides is 1. The first-order valence-corrected chi connectivity index (χ1v) is 8.89. The summed E-state index contributed by atoms with van der Waals surface area (Å²) in [5, 5.41) is 5.42.